The largest absolute Gasteiger partial charge is 0.479 e. The second-order valence-electron chi connectivity index (χ2n) is 5.25. The summed E-state index contributed by atoms with van der Waals surface area (Å²) in [6.45, 7) is 5.90. The third kappa shape index (κ3) is 4.01. The maximum atomic E-state index is 12.4. The Morgan fingerprint density at radius 1 is 1.23 bits per heavy atom. The van der Waals surface area contributed by atoms with Crippen LogP contribution in [0.1, 0.15) is 24.5 Å². The zero-order valence-electron chi connectivity index (χ0n) is 13.0. The van der Waals surface area contributed by atoms with Crippen molar-refractivity contribution in [2.45, 2.75) is 33.3 Å². The first-order chi connectivity index (χ1) is 10.5. The summed E-state index contributed by atoms with van der Waals surface area (Å²) in [4.78, 5) is 12.4. The molecular weight excluding hydrogens is 298 g/mol. The number of aryl methyl sites for hydroxylation is 2. The lowest BCUT2D eigenvalue weighted by Crippen LogP contribution is -2.32. The molecule has 0 saturated carbocycles. The molecule has 2 aromatic rings. The van der Waals surface area contributed by atoms with E-state index in [1.54, 1.807) is 12.1 Å². The van der Waals surface area contributed by atoms with Crippen LogP contribution >= 0.6 is 11.6 Å². The van der Waals surface area contributed by atoms with Crippen LogP contribution in [0.5, 0.6) is 5.75 Å². The average molecular weight is 318 g/mol. The highest BCUT2D eigenvalue weighted by atomic mass is 35.5. The number of para-hydroxylation sites is 1. The number of hydrogen-bond donors (Lipinski definition) is 1. The van der Waals surface area contributed by atoms with E-state index >= 15 is 0 Å². The zero-order chi connectivity index (χ0) is 16.1. The van der Waals surface area contributed by atoms with E-state index in [0.717, 1.165) is 16.8 Å². The summed E-state index contributed by atoms with van der Waals surface area (Å²) < 4.78 is 5.75. The van der Waals surface area contributed by atoms with Crippen LogP contribution in [0.3, 0.4) is 0 Å². The van der Waals surface area contributed by atoms with Crippen LogP contribution in [0, 0.1) is 13.8 Å². The molecule has 3 nitrogen and oxygen atoms in total. The molecule has 2 rings (SSSR count). The quantitative estimate of drug-likeness (QED) is 0.864. The van der Waals surface area contributed by atoms with Crippen LogP contribution in [0.25, 0.3) is 0 Å². The molecule has 0 aliphatic carbocycles. The van der Waals surface area contributed by atoms with Crippen LogP contribution in [0.2, 0.25) is 5.02 Å². The monoisotopic (exact) mass is 317 g/mol. The Morgan fingerprint density at radius 3 is 2.59 bits per heavy atom. The smallest absolute Gasteiger partial charge is 0.265 e. The van der Waals surface area contributed by atoms with Crippen LogP contribution in [-0.4, -0.2) is 12.0 Å². The lowest BCUT2D eigenvalue weighted by Gasteiger charge is -2.19. The minimum absolute atomic E-state index is 0.172. The molecule has 2 aromatic carbocycles. The maximum absolute atomic E-state index is 12.4. The molecule has 0 saturated heterocycles. The van der Waals surface area contributed by atoms with Crippen LogP contribution < -0.4 is 10.1 Å². The van der Waals surface area contributed by atoms with Crippen molar-refractivity contribution >= 4 is 23.2 Å². The van der Waals surface area contributed by atoms with E-state index in [2.05, 4.69) is 5.32 Å². The molecule has 1 atom stereocenters. The number of rotatable bonds is 5. The summed E-state index contributed by atoms with van der Waals surface area (Å²) >= 11 is 6.08. The fraction of sp³-hybridized carbons (Fsp3) is 0.278. The van der Waals surface area contributed by atoms with Gasteiger partial charge in [-0.15, -0.1) is 0 Å². The minimum atomic E-state index is -0.583. The second-order valence-corrected chi connectivity index (χ2v) is 5.66. The van der Waals surface area contributed by atoms with Crippen LogP contribution in [0.15, 0.2) is 42.5 Å². The average Bonchev–Trinajstić information content (AvgIpc) is 2.49. The van der Waals surface area contributed by atoms with Gasteiger partial charge in [0.05, 0.1) is 5.02 Å². The third-order valence-corrected chi connectivity index (χ3v) is 3.72. The van der Waals surface area contributed by atoms with Crippen molar-refractivity contribution in [3.8, 4) is 5.75 Å². The number of amides is 1. The number of ether oxygens (including phenoxy) is 1. The standard InChI is InChI=1S/C18H20ClNO2/c1-4-16(22-17-8-6-5-7-14(17)19)18(21)20-15-10-9-12(2)11-13(15)3/h5-11,16H,4H2,1-3H3,(H,20,21). The Bertz CT molecular complexity index is 670. The predicted molar refractivity (Wildman–Crippen MR) is 90.7 cm³/mol. The van der Waals surface area contributed by atoms with Crippen molar-refractivity contribution in [3.63, 3.8) is 0 Å². The topological polar surface area (TPSA) is 38.3 Å². The first-order valence-corrected chi connectivity index (χ1v) is 7.68. The van der Waals surface area contributed by atoms with E-state index < -0.39 is 6.10 Å². The predicted octanol–water partition coefficient (Wildman–Crippen LogP) is 4.75. The molecule has 0 fully saturated rings. The van der Waals surface area contributed by atoms with Crippen molar-refractivity contribution < 1.29 is 9.53 Å². The lowest BCUT2D eigenvalue weighted by molar-refractivity contribution is -0.122. The Balaban J connectivity index is 2.10. The molecule has 0 aliphatic rings. The van der Waals surface area contributed by atoms with Gasteiger partial charge in [0.2, 0.25) is 0 Å². The highest BCUT2D eigenvalue weighted by molar-refractivity contribution is 6.32. The Labute approximate surface area is 136 Å². The SMILES string of the molecule is CCC(Oc1ccccc1Cl)C(=O)Nc1ccc(C)cc1C. The molecule has 1 N–H and O–H groups in total. The molecule has 0 aliphatic heterocycles. The van der Waals surface area contributed by atoms with Gasteiger partial charge in [0, 0.05) is 5.69 Å². The van der Waals surface area contributed by atoms with E-state index in [1.165, 1.54) is 0 Å². The van der Waals surface area contributed by atoms with Gasteiger partial charge >= 0.3 is 0 Å². The van der Waals surface area contributed by atoms with Gasteiger partial charge in [-0.2, -0.15) is 0 Å². The number of halogens is 1. The summed E-state index contributed by atoms with van der Waals surface area (Å²) in [5.41, 5.74) is 2.99. The third-order valence-electron chi connectivity index (χ3n) is 3.41. The molecule has 0 heterocycles. The first kappa shape index (κ1) is 16.4. The summed E-state index contributed by atoms with van der Waals surface area (Å²) in [7, 11) is 0. The number of nitrogens with one attached hydrogen (secondary N) is 1. The lowest BCUT2D eigenvalue weighted by atomic mass is 10.1. The summed E-state index contributed by atoms with van der Waals surface area (Å²) in [6.07, 6.45) is -0.0253. The molecule has 4 heteroatoms. The van der Waals surface area contributed by atoms with Crippen molar-refractivity contribution in [3.05, 3.63) is 58.6 Å². The van der Waals surface area contributed by atoms with E-state index in [9.17, 15) is 4.79 Å². The number of benzene rings is 2. The Morgan fingerprint density at radius 2 is 1.95 bits per heavy atom. The van der Waals surface area contributed by atoms with Gasteiger partial charge < -0.3 is 10.1 Å². The van der Waals surface area contributed by atoms with Crippen LogP contribution in [-0.2, 0) is 4.79 Å². The van der Waals surface area contributed by atoms with Gasteiger partial charge in [-0.1, -0.05) is 48.4 Å². The first-order valence-electron chi connectivity index (χ1n) is 7.30. The summed E-state index contributed by atoms with van der Waals surface area (Å²) in [6, 6.07) is 13.1. The van der Waals surface area contributed by atoms with Gasteiger partial charge in [-0.05, 0) is 44.0 Å². The van der Waals surface area contributed by atoms with E-state index in [1.807, 2.05) is 51.1 Å². The normalized spacial score (nSPS) is 11.8. The molecule has 0 radical (unpaired) electrons. The van der Waals surface area contributed by atoms with Gasteiger partial charge in [-0.3, -0.25) is 4.79 Å². The molecular formula is C18H20ClNO2. The second kappa shape index (κ2) is 7.32. The van der Waals surface area contributed by atoms with Gasteiger partial charge in [0.15, 0.2) is 6.10 Å². The molecule has 0 aromatic heterocycles. The molecule has 1 unspecified atom stereocenters. The minimum Gasteiger partial charge on any atom is -0.479 e. The molecule has 0 spiro atoms. The number of anilines is 1. The summed E-state index contributed by atoms with van der Waals surface area (Å²) in [5.74, 6) is 0.348. The van der Waals surface area contributed by atoms with Gasteiger partial charge in [0.1, 0.15) is 5.75 Å². The zero-order valence-corrected chi connectivity index (χ0v) is 13.8. The van der Waals surface area contributed by atoms with Crippen molar-refractivity contribution in [2.75, 3.05) is 5.32 Å². The Hall–Kier alpha value is -2.00. The van der Waals surface area contributed by atoms with Crippen LogP contribution in [0.4, 0.5) is 5.69 Å². The highest BCUT2D eigenvalue weighted by Crippen LogP contribution is 2.25. The number of carbonyl (C=O) groups is 1. The highest BCUT2D eigenvalue weighted by Gasteiger charge is 2.20. The fourth-order valence-electron chi connectivity index (χ4n) is 2.18. The van der Waals surface area contributed by atoms with E-state index in [0.29, 0.717) is 17.2 Å². The molecule has 0 bridgehead atoms. The number of hydrogen-bond acceptors (Lipinski definition) is 2. The van der Waals surface area contributed by atoms with Crippen molar-refractivity contribution in [1.82, 2.24) is 0 Å². The maximum Gasteiger partial charge on any atom is 0.265 e. The van der Waals surface area contributed by atoms with Gasteiger partial charge in [-0.25, -0.2) is 0 Å². The van der Waals surface area contributed by atoms with E-state index in [-0.39, 0.29) is 5.91 Å². The molecule has 116 valence electrons. The fourth-order valence-corrected chi connectivity index (χ4v) is 2.36. The summed E-state index contributed by atoms with van der Waals surface area (Å²) in [5, 5.41) is 3.42. The molecule has 1 amide bonds. The molecule has 22 heavy (non-hydrogen) atoms. The van der Waals surface area contributed by atoms with E-state index in [4.69, 9.17) is 16.3 Å². The number of carbonyl (C=O) groups excluding carboxylic acids is 1. The Kier molecular flexibility index (Phi) is 5.45. The van der Waals surface area contributed by atoms with Gasteiger partial charge in [0.25, 0.3) is 5.91 Å². The van der Waals surface area contributed by atoms with Crippen molar-refractivity contribution in [2.24, 2.45) is 0 Å². The van der Waals surface area contributed by atoms with Crippen molar-refractivity contribution in [1.29, 1.82) is 0 Å².